The SMILES string of the molecule is COc1ccc(F)cc1NC(=O)Nc1cccc2c1CCN2Cc1ccnc2[nH]ccc12. The summed E-state index contributed by atoms with van der Waals surface area (Å²) in [4.78, 5) is 22.4. The number of H-pyrrole nitrogens is 1. The highest BCUT2D eigenvalue weighted by Gasteiger charge is 2.23. The number of ether oxygens (including phenoxy) is 1. The van der Waals surface area contributed by atoms with E-state index in [0.717, 1.165) is 47.5 Å². The van der Waals surface area contributed by atoms with Crippen molar-refractivity contribution in [2.75, 3.05) is 29.2 Å². The molecule has 1 aliphatic heterocycles. The van der Waals surface area contributed by atoms with Gasteiger partial charge in [0.15, 0.2) is 0 Å². The molecular formula is C24H22FN5O2. The van der Waals surface area contributed by atoms with Gasteiger partial charge < -0.3 is 25.3 Å². The fraction of sp³-hybridized carbons (Fsp3) is 0.167. The average Bonchev–Trinajstić information content (AvgIpc) is 3.42. The van der Waals surface area contributed by atoms with Crippen LogP contribution in [-0.2, 0) is 13.0 Å². The molecule has 4 aromatic rings. The van der Waals surface area contributed by atoms with Crippen molar-refractivity contribution < 1.29 is 13.9 Å². The number of carbonyl (C=O) groups is 1. The molecule has 5 rings (SSSR count). The molecule has 3 heterocycles. The van der Waals surface area contributed by atoms with Crippen molar-refractivity contribution in [2.24, 2.45) is 0 Å². The molecule has 8 heteroatoms. The largest absolute Gasteiger partial charge is 0.495 e. The number of pyridine rings is 1. The third-order valence-electron chi connectivity index (χ3n) is 5.69. The first-order valence-corrected chi connectivity index (χ1v) is 10.3. The van der Waals surface area contributed by atoms with Crippen LogP contribution >= 0.6 is 0 Å². The fourth-order valence-corrected chi connectivity index (χ4v) is 4.20. The number of aromatic nitrogens is 2. The minimum Gasteiger partial charge on any atom is -0.495 e. The van der Waals surface area contributed by atoms with Crippen LogP contribution in [0.2, 0.25) is 0 Å². The summed E-state index contributed by atoms with van der Waals surface area (Å²) in [5, 5.41) is 6.68. The van der Waals surface area contributed by atoms with E-state index >= 15 is 0 Å². The number of urea groups is 1. The van der Waals surface area contributed by atoms with E-state index in [1.54, 1.807) is 0 Å². The average molecular weight is 431 g/mol. The second-order valence-electron chi connectivity index (χ2n) is 7.61. The van der Waals surface area contributed by atoms with Gasteiger partial charge in [0.25, 0.3) is 0 Å². The number of fused-ring (bicyclic) bond motifs is 2. The van der Waals surface area contributed by atoms with Gasteiger partial charge in [-0.2, -0.15) is 0 Å². The van der Waals surface area contributed by atoms with Gasteiger partial charge in [-0.1, -0.05) is 6.07 Å². The maximum atomic E-state index is 13.6. The third kappa shape index (κ3) is 3.71. The summed E-state index contributed by atoms with van der Waals surface area (Å²) in [5.41, 5.74) is 5.24. The minimum absolute atomic E-state index is 0.271. The van der Waals surface area contributed by atoms with Crippen molar-refractivity contribution in [1.82, 2.24) is 9.97 Å². The van der Waals surface area contributed by atoms with Gasteiger partial charge in [-0.25, -0.2) is 14.2 Å². The Morgan fingerprint density at radius 2 is 2.06 bits per heavy atom. The highest BCUT2D eigenvalue weighted by atomic mass is 19.1. The van der Waals surface area contributed by atoms with Crippen LogP contribution in [0.4, 0.5) is 26.2 Å². The molecule has 2 aromatic carbocycles. The van der Waals surface area contributed by atoms with E-state index < -0.39 is 11.8 Å². The van der Waals surface area contributed by atoms with Crippen molar-refractivity contribution >= 4 is 34.1 Å². The summed E-state index contributed by atoms with van der Waals surface area (Å²) in [7, 11) is 1.47. The lowest BCUT2D eigenvalue weighted by molar-refractivity contribution is 0.262. The van der Waals surface area contributed by atoms with E-state index in [0.29, 0.717) is 5.75 Å². The Balaban J connectivity index is 1.35. The Labute approximate surface area is 184 Å². The number of aromatic amines is 1. The molecule has 162 valence electrons. The molecule has 2 amide bonds. The van der Waals surface area contributed by atoms with E-state index in [-0.39, 0.29) is 5.69 Å². The molecule has 0 atom stereocenters. The molecule has 2 aromatic heterocycles. The second-order valence-corrected chi connectivity index (χ2v) is 7.61. The molecule has 0 unspecified atom stereocenters. The van der Waals surface area contributed by atoms with Crippen LogP contribution in [0.15, 0.2) is 60.9 Å². The Morgan fingerprint density at radius 3 is 2.94 bits per heavy atom. The lowest BCUT2D eigenvalue weighted by Gasteiger charge is -2.20. The summed E-state index contributed by atoms with van der Waals surface area (Å²) in [6, 6.07) is 13.5. The number of methoxy groups -OCH3 is 1. The van der Waals surface area contributed by atoms with Crippen molar-refractivity contribution in [3.63, 3.8) is 0 Å². The highest BCUT2D eigenvalue weighted by Crippen LogP contribution is 2.35. The van der Waals surface area contributed by atoms with Crippen LogP contribution in [0, 0.1) is 5.82 Å². The third-order valence-corrected chi connectivity index (χ3v) is 5.69. The fourth-order valence-electron chi connectivity index (χ4n) is 4.20. The van der Waals surface area contributed by atoms with Gasteiger partial charge in [0.05, 0.1) is 12.8 Å². The molecule has 1 aliphatic rings. The monoisotopic (exact) mass is 431 g/mol. The maximum Gasteiger partial charge on any atom is 0.323 e. The maximum absolute atomic E-state index is 13.6. The van der Waals surface area contributed by atoms with Gasteiger partial charge in [-0.3, -0.25) is 0 Å². The van der Waals surface area contributed by atoms with Gasteiger partial charge in [0.1, 0.15) is 17.2 Å². The number of benzene rings is 2. The molecule has 0 bridgehead atoms. The molecule has 0 saturated heterocycles. The number of carbonyl (C=O) groups excluding carboxylic acids is 1. The number of nitrogens with zero attached hydrogens (tertiary/aromatic N) is 2. The summed E-state index contributed by atoms with van der Waals surface area (Å²) >= 11 is 0. The zero-order chi connectivity index (χ0) is 22.1. The number of anilines is 3. The highest BCUT2D eigenvalue weighted by molar-refractivity contribution is 6.01. The van der Waals surface area contributed by atoms with Gasteiger partial charge in [-0.05, 0) is 48.4 Å². The number of hydrogen-bond acceptors (Lipinski definition) is 4. The number of nitrogens with one attached hydrogen (secondary N) is 3. The first-order valence-electron chi connectivity index (χ1n) is 10.3. The molecule has 0 saturated carbocycles. The zero-order valence-electron chi connectivity index (χ0n) is 17.5. The Bertz CT molecular complexity index is 1300. The van der Waals surface area contributed by atoms with Crippen LogP contribution in [0.3, 0.4) is 0 Å². The molecule has 0 fully saturated rings. The van der Waals surface area contributed by atoms with Crippen LogP contribution in [0.25, 0.3) is 11.0 Å². The number of hydrogen-bond donors (Lipinski definition) is 3. The Morgan fingerprint density at radius 1 is 1.19 bits per heavy atom. The first-order chi connectivity index (χ1) is 15.6. The van der Waals surface area contributed by atoms with Gasteiger partial charge in [-0.15, -0.1) is 0 Å². The standard InChI is InChI=1S/C24H22FN5O2/c1-32-22-6-5-16(25)13-20(22)29-24(31)28-19-3-2-4-21-18(19)9-12-30(21)14-15-7-10-26-23-17(15)8-11-27-23/h2-8,10-11,13H,9,12,14H2,1H3,(H,26,27)(H2,28,29,31). The van der Waals surface area contributed by atoms with E-state index in [1.807, 2.05) is 36.7 Å². The van der Waals surface area contributed by atoms with Crippen molar-refractivity contribution in [3.8, 4) is 5.75 Å². The van der Waals surface area contributed by atoms with E-state index in [2.05, 4.69) is 31.6 Å². The van der Waals surface area contributed by atoms with E-state index in [1.165, 1.54) is 30.9 Å². The lowest BCUT2D eigenvalue weighted by atomic mass is 10.1. The summed E-state index contributed by atoms with van der Waals surface area (Å²) < 4.78 is 18.8. The molecular weight excluding hydrogens is 409 g/mol. The number of rotatable bonds is 5. The minimum atomic E-state index is -0.455. The Hall–Kier alpha value is -4.07. The van der Waals surface area contributed by atoms with Gasteiger partial charge >= 0.3 is 6.03 Å². The summed E-state index contributed by atoms with van der Waals surface area (Å²) in [6.07, 6.45) is 4.53. The van der Waals surface area contributed by atoms with Gasteiger partial charge in [0.2, 0.25) is 0 Å². The molecule has 0 aliphatic carbocycles. The van der Waals surface area contributed by atoms with E-state index in [4.69, 9.17) is 4.74 Å². The Kier molecular flexibility index (Phi) is 5.10. The predicted octanol–water partition coefficient (Wildman–Crippen LogP) is 4.92. The van der Waals surface area contributed by atoms with Crippen LogP contribution in [0.1, 0.15) is 11.1 Å². The predicted molar refractivity (Wildman–Crippen MR) is 123 cm³/mol. The summed E-state index contributed by atoms with van der Waals surface area (Å²) in [5.74, 6) is -0.0653. The second kappa shape index (κ2) is 8.22. The number of halogens is 1. The topological polar surface area (TPSA) is 82.3 Å². The van der Waals surface area contributed by atoms with Crippen LogP contribution in [0.5, 0.6) is 5.75 Å². The molecule has 32 heavy (non-hydrogen) atoms. The van der Waals surface area contributed by atoms with E-state index in [9.17, 15) is 9.18 Å². The van der Waals surface area contributed by atoms with Gasteiger partial charge in [0, 0.05) is 53.9 Å². The van der Waals surface area contributed by atoms with Crippen molar-refractivity contribution in [1.29, 1.82) is 0 Å². The smallest absolute Gasteiger partial charge is 0.323 e. The molecule has 0 spiro atoms. The molecule has 3 N–H and O–H groups in total. The van der Waals surface area contributed by atoms with Crippen LogP contribution < -0.4 is 20.3 Å². The number of amides is 2. The molecule has 0 radical (unpaired) electrons. The van der Waals surface area contributed by atoms with Crippen LogP contribution in [-0.4, -0.2) is 29.7 Å². The first kappa shape index (κ1) is 19.9. The molecule has 7 nitrogen and oxygen atoms in total. The lowest BCUT2D eigenvalue weighted by Crippen LogP contribution is -2.21. The summed E-state index contributed by atoms with van der Waals surface area (Å²) in [6.45, 7) is 1.60. The van der Waals surface area contributed by atoms with Crippen molar-refractivity contribution in [2.45, 2.75) is 13.0 Å². The normalized spacial score (nSPS) is 12.6. The van der Waals surface area contributed by atoms with Crippen molar-refractivity contribution in [3.05, 3.63) is 77.9 Å². The quantitative estimate of drug-likeness (QED) is 0.419. The zero-order valence-corrected chi connectivity index (χ0v) is 17.5.